The van der Waals surface area contributed by atoms with Crippen molar-refractivity contribution < 1.29 is 26.7 Å². The molecule has 5 rings (SSSR count). The molecule has 0 fully saturated rings. The van der Waals surface area contributed by atoms with Crippen LogP contribution in [0.1, 0.15) is 30.2 Å². The number of benzene rings is 2. The number of anilines is 3. The third kappa shape index (κ3) is 7.13. The van der Waals surface area contributed by atoms with Crippen molar-refractivity contribution in [3.63, 3.8) is 0 Å². The van der Waals surface area contributed by atoms with Crippen LogP contribution < -0.4 is 26.6 Å². The highest BCUT2D eigenvalue weighted by Gasteiger charge is 2.21. The van der Waals surface area contributed by atoms with Crippen LogP contribution in [-0.2, 0) is 10.0 Å². The number of halogens is 2. The number of sulfonamides is 1. The van der Waals surface area contributed by atoms with Crippen LogP contribution in [-0.4, -0.2) is 51.8 Å². The average molecular weight is 678 g/mol. The molecule has 16 heteroatoms. The van der Waals surface area contributed by atoms with Crippen LogP contribution in [0.25, 0.3) is 5.69 Å². The number of pyridine rings is 2. The van der Waals surface area contributed by atoms with E-state index in [0.29, 0.717) is 5.82 Å². The van der Waals surface area contributed by atoms with Gasteiger partial charge in [-0.05, 0) is 68.4 Å². The molecule has 0 aliphatic heterocycles. The third-order valence-corrected chi connectivity index (χ3v) is 8.72. The van der Waals surface area contributed by atoms with E-state index in [1.54, 1.807) is 13.8 Å². The molecule has 2 aromatic carbocycles. The first kappa shape index (κ1) is 33.6. The number of carbonyl (C=O) groups is 1. The first-order chi connectivity index (χ1) is 22.7. The van der Waals surface area contributed by atoms with Crippen LogP contribution in [0.3, 0.4) is 0 Å². The normalized spacial score (nSPS) is 11.5. The average Bonchev–Trinajstić information content (AvgIpc) is 3.03. The van der Waals surface area contributed by atoms with Crippen LogP contribution in [0, 0.1) is 11.6 Å². The van der Waals surface area contributed by atoms with Gasteiger partial charge in [-0.1, -0.05) is 0 Å². The maximum absolute atomic E-state index is 15.1. The van der Waals surface area contributed by atoms with Crippen LogP contribution >= 0.6 is 0 Å². The van der Waals surface area contributed by atoms with E-state index < -0.39 is 50.4 Å². The predicted octanol–water partition coefficient (Wildman–Crippen LogP) is 4.69. The van der Waals surface area contributed by atoms with E-state index in [2.05, 4.69) is 20.6 Å². The summed E-state index contributed by atoms with van der Waals surface area (Å²) in [6.07, 6.45) is 3.74. The SMILES string of the molecule is CC(C)n1cc(C(=O)Nc2ccc(Oc3ccnc(Nc4ccc(S(=O)(=O)N(C)C)cn4)c3)c(F)c2)c(=O)n(-c2ccc(F)cc2)c1=O. The summed E-state index contributed by atoms with van der Waals surface area (Å²) >= 11 is 0. The number of aromatic nitrogens is 4. The molecule has 1 amide bonds. The summed E-state index contributed by atoms with van der Waals surface area (Å²) in [6, 6.07) is 13.7. The summed E-state index contributed by atoms with van der Waals surface area (Å²) in [5.74, 6) is -1.71. The predicted molar refractivity (Wildman–Crippen MR) is 174 cm³/mol. The molecule has 0 aliphatic rings. The van der Waals surface area contributed by atoms with Crippen molar-refractivity contribution in [1.82, 2.24) is 23.4 Å². The lowest BCUT2D eigenvalue weighted by Crippen LogP contribution is -2.42. The molecule has 0 saturated heterocycles. The molecule has 0 spiro atoms. The minimum atomic E-state index is -3.65. The Hall–Kier alpha value is -5.74. The highest BCUT2D eigenvalue weighted by Crippen LogP contribution is 2.28. The zero-order valence-corrected chi connectivity index (χ0v) is 26.8. The van der Waals surface area contributed by atoms with E-state index in [1.807, 2.05) is 0 Å². The van der Waals surface area contributed by atoms with Gasteiger partial charge in [-0.15, -0.1) is 0 Å². The fourth-order valence-electron chi connectivity index (χ4n) is 4.39. The monoisotopic (exact) mass is 677 g/mol. The molecule has 3 aromatic heterocycles. The zero-order valence-electron chi connectivity index (χ0n) is 26.0. The quantitative estimate of drug-likeness (QED) is 0.214. The van der Waals surface area contributed by atoms with Crippen molar-refractivity contribution in [2.24, 2.45) is 0 Å². The third-order valence-electron chi connectivity index (χ3n) is 6.92. The van der Waals surface area contributed by atoms with Gasteiger partial charge in [0.1, 0.15) is 33.7 Å². The van der Waals surface area contributed by atoms with Crippen molar-refractivity contribution >= 4 is 33.3 Å². The van der Waals surface area contributed by atoms with E-state index >= 15 is 4.39 Å². The fraction of sp³-hybridized carbons (Fsp3) is 0.156. The number of hydrogen-bond acceptors (Lipinski definition) is 9. The van der Waals surface area contributed by atoms with Gasteiger partial charge in [-0.3, -0.25) is 14.2 Å². The molecule has 5 aromatic rings. The van der Waals surface area contributed by atoms with Crippen LogP contribution in [0.15, 0.2) is 99.8 Å². The molecule has 0 saturated carbocycles. The first-order valence-electron chi connectivity index (χ1n) is 14.3. The summed E-state index contributed by atoms with van der Waals surface area (Å²) in [5.41, 5.74) is -1.98. The lowest BCUT2D eigenvalue weighted by atomic mass is 10.2. The second kappa shape index (κ2) is 13.5. The Morgan fingerprint density at radius 1 is 0.938 bits per heavy atom. The van der Waals surface area contributed by atoms with Gasteiger partial charge >= 0.3 is 5.69 Å². The minimum absolute atomic E-state index is 0.00256. The van der Waals surface area contributed by atoms with Crippen molar-refractivity contribution in [2.45, 2.75) is 24.8 Å². The van der Waals surface area contributed by atoms with E-state index in [-0.39, 0.29) is 33.6 Å². The van der Waals surface area contributed by atoms with Crippen LogP contribution in [0.2, 0.25) is 0 Å². The fourth-order valence-corrected chi connectivity index (χ4v) is 5.24. The highest BCUT2D eigenvalue weighted by molar-refractivity contribution is 7.89. The molecule has 0 unspecified atom stereocenters. The van der Waals surface area contributed by atoms with Gasteiger partial charge in [-0.25, -0.2) is 40.8 Å². The molecular weight excluding hydrogens is 648 g/mol. The Kier molecular flexibility index (Phi) is 9.49. The summed E-state index contributed by atoms with van der Waals surface area (Å²) in [6.45, 7) is 3.38. The van der Waals surface area contributed by atoms with E-state index in [9.17, 15) is 27.2 Å². The Morgan fingerprint density at radius 2 is 1.67 bits per heavy atom. The number of rotatable bonds is 10. The Balaban J connectivity index is 1.33. The number of carbonyl (C=O) groups excluding carboxylic acids is 1. The summed E-state index contributed by atoms with van der Waals surface area (Å²) in [5, 5.41) is 5.39. The van der Waals surface area contributed by atoms with E-state index in [4.69, 9.17) is 4.74 Å². The molecule has 2 N–H and O–H groups in total. The number of nitrogens with one attached hydrogen (secondary N) is 2. The van der Waals surface area contributed by atoms with Crippen molar-refractivity contribution in [3.05, 3.63) is 123 Å². The molecule has 248 valence electrons. The highest BCUT2D eigenvalue weighted by atomic mass is 32.2. The number of ether oxygens (including phenoxy) is 1. The van der Waals surface area contributed by atoms with Gasteiger partial charge in [0.15, 0.2) is 11.6 Å². The van der Waals surface area contributed by atoms with E-state index in [1.165, 1.54) is 79.6 Å². The molecule has 13 nitrogen and oxygen atoms in total. The lowest BCUT2D eigenvalue weighted by molar-refractivity contribution is 0.102. The Labute approximate surface area is 273 Å². The second-order valence-corrected chi connectivity index (χ2v) is 13.0. The van der Waals surface area contributed by atoms with Gasteiger partial charge in [0.2, 0.25) is 10.0 Å². The number of nitrogens with zero attached hydrogens (tertiary/aromatic N) is 5. The Morgan fingerprint density at radius 3 is 2.29 bits per heavy atom. The maximum Gasteiger partial charge on any atom is 0.335 e. The number of hydrogen-bond donors (Lipinski definition) is 2. The molecule has 3 heterocycles. The second-order valence-electron chi connectivity index (χ2n) is 10.8. The molecule has 0 atom stereocenters. The summed E-state index contributed by atoms with van der Waals surface area (Å²) in [7, 11) is -0.821. The molecule has 0 radical (unpaired) electrons. The van der Waals surface area contributed by atoms with E-state index in [0.717, 1.165) is 33.3 Å². The summed E-state index contributed by atoms with van der Waals surface area (Å²) in [4.78, 5) is 47.9. The van der Waals surface area contributed by atoms with Gasteiger partial charge < -0.3 is 15.4 Å². The molecular formula is C32H29F2N7O6S. The minimum Gasteiger partial charge on any atom is -0.454 e. The summed E-state index contributed by atoms with van der Waals surface area (Å²) < 4.78 is 61.9. The van der Waals surface area contributed by atoms with Crippen molar-refractivity contribution in [1.29, 1.82) is 0 Å². The van der Waals surface area contributed by atoms with Gasteiger partial charge in [-0.2, -0.15) is 0 Å². The molecule has 48 heavy (non-hydrogen) atoms. The van der Waals surface area contributed by atoms with Crippen LogP contribution in [0.5, 0.6) is 11.5 Å². The topological polar surface area (TPSA) is 158 Å². The number of amides is 1. The molecule has 0 aliphatic carbocycles. The lowest BCUT2D eigenvalue weighted by Gasteiger charge is -2.16. The van der Waals surface area contributed by atoms with Gasteiger partial charge in [0, 0.05) is 56.5 Å². The zero-order chi connectivity index (χ0) is 34.7. The van der Waals surface area contributed by atoms with Crippen LogP contribution in [0.4, 0.5) is 26.1 Å². The molecule has 0 bridgehead atoms. The smallest absolute Gasteiger partial charge is 0.335 e. The standard InChI is InChI=1S/C32H29F2N7O6S/c1-19(2)40-18-25(31(43)41(32(40)44)22-8-5-20(33)6-9-22)30(42)37-21-7-11-27(26(34)15-21)47-23-13-14-35-29(16-23)38-28-12-10-24(17-36-28)48(45,46)39(3)4/h5-19H,1-4H3,(H,37,42)(H,35,36,38). The van der Waals surface area contributed by atoms with Crippen molar-refractivity contribution in [3.8, 4) is 17.2 Å². The van der Waals surface area contributed by atoms with Crippen molar-refractivity contribution in [2.75, 3.05) is 24.7 Å². The van der Waals surface area contributed by atoms with Gasteiger partial charge in [0.25, 0.3) is 11.5 Å². The first-order valence-corrected chi connectivity index (χ1v) is 15.7. The Bertz CT molecular complexity index is 2220. The maximum atomic E-state index is 15.1. The largest absolute Gasteiger partial charge is 0.454 e. The van der Waals surface area contributed by atoms with Gasteiger partial charge in [0.05, 0.1) is 5.69 Å².